The Balaban J connectivity index is 1.63. The van der Waals surface area contributed by atoms with E-state index >= 15 is 0 Å². The number of allylic oxidation sites excluding steroid dienone is 1. The summed E-state index contributed by atoms with van der Waals surface area (Å²) < 4.78 is 16.2. The van der Waals surface area contributed by atoms with Crippen LogP contribution in [0.2, 0.25) is 0 Å². The summed E-state index contributed by atoms with van der Waals surface area (Å²) in [6, 6.07) is 17.1. The van der Waals surface area contributed by atoms with E-state index in [1.807, 2.05) is 66.5 Å². The van der Waals surface area contributed by atoms with E-state index in [4.69, 9.17) is 0 Å². The molecular formula is C26H27FN4O. The Kier molecular flexibility index (Phi) is 6.58. The smallest absolute Gasteiger partial charge is 0.255 e. The lowest BCUT2D eigenvalue weighted by Crippen LogP contribution is -2.46. The second-order valence-corrected chi connectivity index (χ2v) is 7.98. The number of nitrogens with zero attached hydrogens (tertiary/aromatic N) is 2. The molecule has 2 N–H and O–H groups in total. The number of nitrogens with one attached hydrogen (secondary N) is 2. The molecule has 32 heavy (non-hydrogen) atoms. The number of piperidine rings is 1. The molecule has 0 radical (unpaired) electrons. The zero-order chi connectivity index (χ0) is 22.5. The van der Waals surface area contributed by atoms with Crippen molar-refractivity contribution in [3.63, 3.8) is 0 Å². The second-order valence-electron chi connectivity index (χ2n) is 7.98. The molecule has 1 aliphatic heterocycles. The van der Waals surface area contributed by atoms with Crippen LogP contribution in [0.25, 0.3) is 10.9 Å². The molecule has 3 aromatic rings. The number of alkyl halides is 1. The number of para-hydroxylation sites is 1. The molecule has 164 valence electrons. The first kappa shape index (κ1) is 21.7. The number of fused-ring (bicyclic) bond motifs is 1. The van der Waals surface area contributed by atoms with Crippen molar-refractivity contribution in [1.29, 1.82) is 0 Å². The Morgan fingerprint density at radius 3 is 2.81 bits per heavy atom. The Labute approximate surface area is 187 Å². The third-order valence-electron chi connectivity index (χ3n) is 5.70. The maximum Gasteiger partial charge on any atom is 0.255 e. The van der Waals surface area contributed by atoms with Crippen LogP contribution in [0.5, 0.6) is 0 Å². The van der Waals surface area contributed by atoms with Gasteiger partial charge < -0.3 is 15.5 Å². The lowest BCUT2D eigenvalue weighted by molar-refractivity contribution is 0.0973. The number of likely N-dealkylation sites (tertiary alicyclic amines) is 1. The number of rotatable bonds is 5. The molecule has 0 bridgehead atoms. The van der Waals surface area contributed by atoms with Gasteiger partial charge in [-0.2, -0.15) is 0 Å². The molecule has 0 spiro atoms. The third-order valence-corrected chi connectivity index (χ3v) is 5.70. The maximum atomic E-state index is 14.6. The molecule has 0 aliphatic carbocycles. The highest BCUT2D eigenvalue weighted by Crippen LogP contribution is 2.29. The number of benzene rings is 2. The lowest BCUT2D eigenvalue weighted by atomic mass is 10.0. The van der Waals surface area contributed by atoms with E-state index in [2.05, 4.69) is 29.1 Å². The van der Waals surface area contributed by atoms with Crippen LogP contribution in [0.4, 0.5) is 15.8 Å². The normalized spacial score (nSPS) is 18.6. The van der Waals surface area contributed by atoms with Gasteiger partial charge in [0.05, 0.1) is 18.1 Å². The fourth-order valence-electron chi connectivity index (χ4n) is 4.03. The Hall–Kier alpha value is -3.56. The SMILES string of the molecule is C=CC(=O)n1c(C#CCNc2ccccc2)cc2c(NC3CCN(C)CC3F)cccc21. The first-order valence-corrected chi connectivity index (χ1v) is 10.7. The zero-order valence-corrected chi connectivity index (χ0v) is 18.1. The fourth-order valence-corrected chi connectivity index (χ4v) is 4.03. The fraction of sp³-hybridized carbons (Fsp3) is 0.269. The summed E-state index contributed by atoms with van der Waals surface area (Å²) in [7, 11) is 1.93. The minimum absolute atomic E-state index is 0.250. The standard InChI is InChI=1S/C26H27FN4O/c1-3-26(32)31-20(11-8-15-28-19-9-5-4-6-10-19)17-21-23(12-7-13-25(21)31)29-24-14-16-30(2)18-22(24)27/h3-7,9-10,12-13,17,22,24,28-29H,1,14-16,18H2,2H3. The largest absolute Gasteiger partial charge is 0.379 e. The van der Waals surface area contributed by atoms with Crippen molar-refractivity contribution in [3.05, 3.63) is 72.9 Å². The summed E-state index contributed by atoms with van der Waals surface area (Å²) in [6.45, 7) is 5.33. The minimum atomic E-state index is -0.954. The molecule has 5 nitrogen and oxygen atoms in total. The van der Waals surface area contributed by atoms with Crippen molar-refractivity contribution >= 4 is 28.2 Å². The van der Waals surface area contributed by atoms with Gasteiger partial charge in [-0.3, -0.25) is 9.36 Å². The van der Waals surface area contributed by atoms with Crippen molar-refractivity contribution in [2.75, 3.05) is 37.3 Å². The Bertz CT molecular complexity index is 1170. The van der Waals surface area contributed by atoms with Gasteiger partial charge in [-0.25, -0.2) is 4.39 Å². The minimum Gasteiger partial charge on any atom is -0.379 e. The van der Waals surface area contributed by atoms with E-state index < -0.39 is 6.17 Å². The van der Waals surface area contributed by atoms with Crippen LogP contribution in [0.1, 0.15) is 16.9 Å². The summed E-state index contributed by atoms with van der Waals surface area (Å²) in [5, 5.41) is 7.45. The summed E-state index contributed by atoms with van der Waals surface area (Å²) >= 11 is 0. The highest BCUT2D eigenvalue weighted by molar-refractivity contribution is 6.03. The van der Waals surface area contributed by atoms with Gasteiger partial charge in [0, 0.05) is 29.9 Å². The molecule has 0 amide bonds. The molecule has 2 unspecified atom stereocenters. The van der Waals surface area contributed by atoms with E-state index in [9.17, 15) is 9.18 Å². The highest BCUT2D eigenvalue weighted by Gasteiger charge is 2.28. The molecule has 0 saturated carbocycles. The lowest BCUT2D eigenvalue weighted by Gasteiger charge is -2.33. The number of halogens is 1. The van der Waals surface area contributed by atoms with E-state index in [0.29, 0.717) is 18.8 Å². The summed E-state index contributed by atoms with van der Waals surface area (Å²) in [5.74, 6) is 5.95. The number of hydrogen-bond donors (Lipinski definition) is 2. The van der Waals surface area contributed by atoms with Gasteiger partial charge in [0.1, 0.15) is 11.9 Å². The maximum absolute atomic E-state index is 14.6. The first-order valence-electron chi connectivity index (χ1n) is 10.7. The van der Waals surface area contributed by atoms with Crippen LogP contribution in [0.15, 0.2) is 67.3 Å². The van der Waals surface area contributed by atoms with Crippen LogP contribution in [0, 0.1) is 11.8 Å². The van der Waals surface area contributed by atoms with Gasteiger partial charge in [-0.1, -0.05) is 36.8 Å². The average Bonchev–Trinajstić information content (AvgIpc) is 3.18. The van der Waals surface area contributed by atoms with Crippen molar-refractivity contribution in [2.45, 2.75) is 18.6 Å². The van der Waals surface area contributed by atoms with Gasteiger partial charge in [-0.05, 0) is 55.8 Å². The molecule has 6 heteroatoms. The summed E-state index contributed by atoms with van der Waals surface area (Å²) in [5.41, 5.74) is 3.09. The van der Waals surface area contributed by atoms with Gasteiger partial charge in [0.25, 0.3) is 5.91 Å². The van der Waals surface area contributed by atoms with Crippen LogP contribution < -0.4 is 10.6 Å². The molecule has 2 atom stereocenters. The second kappa shape index (κ2) is 9.71. The van der Waals surface area contributed by atoms with E-state index in [1.54, 1.807) is 4.57 Å². The predicted molar refractivity (Wildman–Crippen MR) is 129 cm³/mol. The molecule has 2 aromatic carbocycles. The summed E-state index contributed by atoms with van der Waals surface area (Å²) in [4.78, 5) is 14.6. The van der Waals surface area contributed by atoms with E-state index in [-0.39, 0.29) is 11.9 Å². The van der Waals surface area contributed by atoms with Crippen molar-refractivity contribution < 1.29 is 9.18 Å². The quantitative estimate of drug-likeness (QED) is 0.466. The van der Waals surface area contributed by atoms with Crippen molar-refractivity contribution in [3.8, 4) is 11.8 Å². The van der Waals surface area contributed by atoms with Gasteiger partial charge in [0.2, 0.25) is 0 Å². The third kappa shape index (κ3) is 4.68. The average molecular weight is 431 g/mol. The van der Waals surface area contributed by atoms with E-state index in [0.717, 1.165) is 35.2 Å². The monoisotopic (exact) mass is 430 g/mol. The topological polar surface area (TPSA) is 49.3 Å². The predicted octanol–water partition coefficient (Wildman–Crippen LogP) is 4.39. The van der Waals surface area contributed by atoms with Crippen molar-refractivity contribution in [1.82, 2.24) is 9.47 Å². The van der Waals surface area contributed by atoms with Crippen LogP contribution >= 0.6 is 0 Å². The number of carbonyl (C=O) groups is 1. The molecular weight excluding hydrogens is 403 g/mol. The summed E-state index contributed by atoms with van der Waals surface area (Å²) in [6.07, 6.45) is 1.05. The first-order chi connectivity index (χ1) is 15.6. The number of anilines is 2. The molecule has 4 rings (SSSR count). The van der Waals surface area contributed by atoms with Gasteiger partial charge in [-0.15, -0.1) is 0 Å². The van der Waals surface area contributed by atoms with Gasteiger partial charge in [0.15, 0.2) is 0 Å². The number of hydrogen-bond acceptors (Lipinski definition) is 4. The van der Waals surface area contributed by atoms with Gasteiger partial charge >= 0.3 is 0 Å². The molecule has 1 aromatic heterocycles. The van der Waals surface area contributed by atoms with Crippen LogP contribution in [-0.2, 0) is 0 Å². The van der Waals surface area contributed by atoms with Crippen LogP contribution in [0.3, 0.4) is 0 Å². The van der Waals surface area contributed by atoms with Crippen LogP contribution in [-0.4, -0.2) is 54.3 Å². The Morgan fingerprint density at radius 1 is 1.25 bits per heavy atom. The van der Waals surface area contributed by atoms with Crippen molar-refractivity contribution in [2.24, 2.45) is 0 Å². The molecule has 2 heterocycles. The van der Waals surface area contributed by atoms with E-state index in [1.165, 1.54) is 6.08 Å². The molecule has 1 aliphatic rings. The molecule has 1 fully saturated rings. The zero-order valence-electron chi connectivity index (χ0n) is 18.1. The Morgan fingerprint density at radius 2 is 2.06 bits per heavy atom. The number of aromatic nitrogens is 1. The molecule has 1 saturated heterocycles. The highest BCUT2D eigenvalue weighted by atomic mass is 19.1. The number of carbonyl (C=O) groups excluding carboxylic acids is 1.